The number of benzene rings is 1. The van der Waals surface area contributed by atoms with E-state index in [9.17, 15) is 5.11 Å². The number of nitrogens with one attached hydrogen (secondary N) is 2. The van der Waals surface area contributed by atoms with Crippen molar-refractivity contribution >= 4 is 29.9 Å². The lowest BCUT2D eigenvalue weighted by molar-refractivity contribution is 0.0257. The first kappa shape index (κ1) is 25.1. The van der Waals surface area contributed by atoms with Gasteiger partial charge in [-0.15, -0.1) is 24.0 Å². The fourth-order valence-corrected chi connectivity index (χ4v) is 2.98. The van der Waals surface area contributed by atoms with Crippen molar-refractivity contribution in [3.63, 3.8) is 0 Å². The molecule has 0 saturated heterocycles. The van der Waals surface area contributed by atoms with Crippen LogP contribution in [0.1, 0.15) is 57.6 Å². The fraction of sp³-hybridized carbons (Fsp3) is 0.650. The van der Waals surface area contributed by atoms with Crippen molar-refractivity contribution in [3.8, 4) is 0 Å². The van der Waals surface area contributed by atoms with Crippen molar-refractivity contribution in [3.05, 3.63) is 35.4 Å². The van der Waals surface area contributed by atoms with E-state index in [1.54, 1.807) is 7.11 Å². The second-order valence-electron chi connectivity index (χ2n) is 6.53. The van der Waals surface area contributed by atoms with E-state index in [-0.39, 0.29) is 24.0 Å². The van der Waals surface area contributed by atoms with Gasteiger partial charge >= 0.3 is 0 Å². The van der Waals surface area contributed by atoms with Crippen molar-refractivity contribution in [2.24, 2.45) is 4.99 Å². The monoisotopic (exact) mass is 477 g/mol. The average Bonchev–Trinajstić information content (AvgIpc) is 2.58. The predicted octanol–water partition coefficient (Wildman–Crippen LogP) is 3.84. The van der Waals surface area contributed by atoms with Crippen molar-refractivity contribution in [2.45, 2.75) is 65.2 Å². The molecular weight excluding hydrogens is 441 g/mol. The molecule has 26 heavy (non-hydrogen) atoms. The minimum atomic E-state index is -0.669. The van der Waals surface area contributed by atoms with Gasteiger partial charge < -0.3 is 20.5 Å². The summed E-state index contributed by atoms with van der Waals surface area (Å²) in [6.07, 6.45) is 3.54. The maximum atomic E-state index is 10.7. The zero-order chi connectivity index (χ0) is 18.5. The SMILES string of the molecule is CCCC(O)(CCC)CNC(=NCc1cccc(COC)c1)NCC.I. The van der Waals surface area contributed by atoms with Gasteiger partial charge in [-0.3, -0.25) is 0 Å². The van der Waals surface area contributed by atoms with Crippen molar-refractivity contribution in [2.75, 3.05) is 20.2 Å². The third kappa shape index (κ3) is 9.73. The van der Waals surface area contributed by atoms with E-state index < -0.39 is 5.60 Å². The van der Waals surface area contributed by atoms with Gasteiger partial charge in [-0.05, 0) is 30.9 Å². The number of nitrogens with zero attached hydrogens (tertiary/aromatic N) is 1. The van der Waals surface area contributed by atoms with Gasteiger partial charge in [0.1, 0.15) is 0 Å². The van der Waals surface area contributed by atoms with E-state index in [0.29, 0.717) is 19.7 Å². The molecule has 0 saturated carbocycles. The lowest BCUT2D eigenvalue weighted by atomic mass is 9.93. The molecule has 0 heterocycles. The quantitative estimate of drug-likeness (QED) is 0.258. The number of hydrogen-bond donors (Lipinski definition) is 3. The third-order valence-electron chi connectivity index (χ3n) is 4.08. The molecule has 0 aliphatic carbocycles. The molecule has 0 fully saturated rings. The van der Waals surface area contributed by atoms with Crippen molar-refractivity contribution in [1.82, 2.24) is 10.6 Å². The van der Waals surface area contributed by atoms with Crippen LogP contribution in [-0.2, 0) is 17.9 Å². The standard InChI is InChI=1S/C20H35N3O2.HI/c1-5-11-20(24,12-6-2)16-23-19(21-7-3)22-14-17-9-8-10-18(13-17)15-25-4;/h8-10,13,24H,5-7,11-12,14-16H2,1-4H3,(H2,21,22,23);1H. The van der Waals surface area contributed by atoms with Crippen LogP contribution in [0.25, 0.3) is 0 Å². The molecule has 1 aromatic carbocycles. The van der Waals surface area contributed by atoms with Crippen LogP contribution in [0.3, 0.4) is 0 Å². The molecule has 150 valence electrons. The van der Waals surface area contributed by atoms with Crippen LogP contribution in [0.2, 0.25) is 0 Å². The first-order valence-corrected chi connectivity index (χ1v) is 9.38. The lowest BCUT2D eigenvalue weighted by Gasteiger charge is -2.28. The highest BCUT2D eigenvalue weighted by Crippen LogP contribution is 2.18. The molecule has 0 bridgehead atoms. The molecule has 0 aliphatic rings. The molecule has 0 aliphatic heterocycles. The van der Waals surface area contributed by atoms with Crippen LogP contribution in [-0.4, -0.2) is 36.9 Å². The molecule has 1 aromatic rings. The molecule has 3 N–H and O–H groups in total. The van der Waals surface area contributed by atoms with Crippen LogP contribution in [0, 0.1) is 0 Å². The number of rotatable bonds is 11. The Kier molecular flexibility index (Phi) is 13.8. The van der Waals surface area contributed by atoms with E-state index in [1.165, 1.54) is 0 Å². The maximum absolute atomic E-state index is 10.7. The third-order valence-corrected chi connectivity index (χ3v) is 4.08. The number of halogens is 1. The van der Waals surface area contributed by atoms with Crippen LogP contribution in [0.5, 0.6) is 0 Å². The minimum Gasteiger partial charge on any atom is -0.388 e. The molecule has 0 radical (unpaired) electrons. The summed E-state index contributed by atoms with van der Waals surface area (Å²) in [6, 6.07) is 8.26. The van der Waals surface area contributed by atoms with Crippen LogP contribution < -0.4 is 10.6 Å². The zero-order valence-electron chi connectivity index (χ0n) is 16.7. The second-order valence-corrected chi connectivity index (χ2v) is 6.53. The van der Waals surface area contributed by atoms with Crippen LogP contribution in [0.4, 0.5) is 0 Å². The highest BCUT2D eigenvalue weighted by Gasteiger charge is 2.24. The van der Waals surface area contributed by atoms with Gasteiger partial charge in [-0.1, -0.05) is 51.0 Å². The highest BCUT2D eigenvalue weighted by molar-refractivity contribution is 14.0. The number of hydrogen-bond acceptors (Lipinski definition) is 3. The maximum Gasteiger partial charge on any atom is 0.191 e. The van der Waals surface area contributed by atoms with E-state index in [0.717, 1.165) is 49.3 Å². The lowest BCUT2D eigenvalue weighted by Crippen LogP contribution is -2.47. The Hall–Kier alpha value is -0.860. The molecule has 0 amide bonds. The van der Waals surface area contributed by atoms with Crippen LogP contribution in [0.15, 0.2) is 29.3 Å². The van der Waals surface area contributed by atoms with Crippen molar-refractivity contribution < 1.29 is 9.84 Å². The van der Waals surface area contributed by atoms with E-state index in [2.05, 4.69) is 47.7 Å². The molecule has 0 unspecified atom stereocenters. The smallest absolute Gasteiger partial charge is 0.191 e. The largest absolute Gasteiger partial charge is 0.388 e. The first-order chi connectivity index (χ1) is 12.1. The Balaban J connectivity index is 0.00000625. The summed E-state index contributed by atoms with van der Waals surface area (Å²) < 4.78 is 5.18. The predicted molar refractivity (Wildman–Crippen MR) is 120 cm³/mol. The summed E-state index contributed by atoms with van der Waals surface area (Å²) in [5, 5.41) is 17.3. The van der Waals surface area contributed by atoms with Gasteiger partial charge in [0.15, 0.2) is 5.96 Å². The number of aliphatic imine (C=N–C) groups is 1. The molecule has 0 atom stereocenters. The highest BCUT2D eigenvalue weighted by atomic mass is 127. The summed E-state index contributed by atoms with van der Waals surface area (Å²) in [6.45, 7) is 8.75. The zero-order valence-corrected chi connectivity index (χ0v) is 19.0. The summed E-state index contributed by atoms with van der Waals surface area (Å²) in [5.74, 6) is 0.741. The average molecular weight is 477 g/mol. The molecule has 6 heteroatoms. The van der Waals surface area contributed by atoms with E-state index in [4.69, 9.17) is 4.74 Å². The fourth-order valence-electron chi connectivity index (χ4n) is 2.98. The molecule has 1 rings (SSSR count). The number of guanidine groups is 1. The summed E-state index contributed by atoms with van der Waals surface area (Å²) >= 11 is 0. The molecule has 0 aromatic heterocycles. The Labute approximate surface area is 176 Å². The second kappa shape index (κ2) is 14.2. The molecule has 5 nitrogen and oxygen atoms in total. The summed E-state index contributed by atoms with van der Waals surface area (Å²) in [5.41, 5.74) is 1.62. The molecule has 0 spiro atoms. The summed E-state index contributed by atoms with van der Waals surface area (Å²) in [4.78, 5) is 4.65. The van der Waals surface area contributed by atoms with Crippen LogP contribution >= 0.6 is 24.0 Å². The van der Waals surface area contributed by atoms with Gasteiger partial charge in [0.25, 0.3) is 0 Å². The first-order valence-electron chi connectivity index (χ1n) is 9.38. The van der Waals surface area contributed by atoms with Gasteiger partial charge in [0.05, 0.1) is 18.8 Å². The Morgan fingerprint density at radius 1 is 1.12 bits per heavy atom. The Morgan fingerprint density at radius 3 is 2.35 bits per heavy atom. The summed E-state index contributed by atoms with van der Waals surface area (Å²) in [7, 11) is 1.70. The topological polar surface area (TPSA) is 65.9 Å². The van der Waals surface area contributed by atoms with Gasteiger partial charge in [-0.25, -0.2) is 4.99 Å². The Bertz CT molecular complexity index is 518. The number of ether oxygens (including phenoxy) is 1. The minimum absolute atomic E-state index is 0. The van der Waals surface area contributed by atoms with E-state index in [1.807, 2.05) is 13.0 Å². The van der Waals surface area contributed by atoms with Gasteiger partial charge in [-0.2, -0.15) is 0 Å². The van der Waals surface area contributed by atoms with Gasteiger partial charge in [0.2, 0.25) is 0 Å². The number of methoxy groups -OCH3 is 1. The van der Waals surface area contributed by atoms with Gasteiger partial charge in [0, 0.05) is 20.2 Å². The Morgan fingerprint density at radius 2 is 1.77 bits per heavy atom. The number of aliphatic hydroxyl groups is 1. The van der Waals surface area contributed by atoms with E-state index >= 15 is 0 Å². The van der Waals surface area contributed by atoms with Crippen molar-refractivity contribution in [1.29, 1.82) is 0 Å². The molecular formula is C20H36IN3O2. The normalized spacial score (nSPS) is 11.8.